The number of aromatic nitrogens is 2. The van der Waals surface area contributed by atoms with Gasteiger partial charge in [0.05, 0.1) is 25.9 Å². The van der Waals surface area contributed by atoms with Crippen molar-refractivity contribution in [2.75, 3.05) is 14.2 Å². The first-order chi connectivity index (χ1) is 16.9. The summed E-state index contributed by atoms with van der Waals surface area (Å²) >= 11 is 0. The number of carbonyl (C=O) groups excluding carboxylic acids is 1. The van der Waals surface area contributed by atoms with Gasteiger partial charge in [0.2, 0.25) is 5.88 Å². The highest BCUT2D eigenvalue weighted by atomic mass is 16.5. The molecular weight excluding hydrogens is 448 g/mol. The van der Waals surface area contributed by atoms with Gasteiger partial charge in [0.25, 0.3) is 11.5 Å². The van der Waals surface area contributed by atoms with Crippen molar-refractivity contribution in [3.63, 3.8) is 0 Å². The van der Waals surface area contributed by atoms with Crippen LogP contribution in [0, 0.1) is 11.3 Å². The molecule has 1 amide bonds. The number of hydrogen-bond acceptors (Lipinski definition) is 7. The number of nitrogens with zero attached hydrogens (tertiary/aromatic N) is 4. The number of para-hydroxylation sites is 1. The molecule has 0 atom stereocenters. The Morgan fingerprint density at radius 2 is 1.83 bits per heavy atom. The first-order valence-corrected chi connectivity index (χ1v) is 11.3. The van der Waals surface area contributed by atoms with Crippen molar-refractivity contribution in [1.82, 2.24) is 14.5 Å². The Hall–Kier alpha value is -4.32. The van der Waals surface area contributed by atoms with E-state index in [1.165, 1.54) is 23.7 Å². The standard InChI is InChI=1S/C26H26N4O5/c1-4-5-9-21-28-24(31)22(25(32)29-14-17-11-10-16(13-27)12-18(17)15-29)26(33)30(21)23-19(34-2)7-6-8-20(23)35-3/h6-8,10-12,31H,4-5,9,14-15H2,1-3H3. The van der Waals surface area contributed by atoms with Gasteiger partial charge >= 0.3 is 0 Å². The van der Waals surface area contributed by atoms with E-state index >= 15 is 0 Å². The minimum Gasteiger partial charge on any atom is -0.494 e. The summed E-state index contributed by atoms with van der Waals surface area (Å²) in [5.74, 6) is -0.207. The van der Waals surface area contributed by atoms with Gasteiger partial charge < -0.3 is 19.5 Å². The molecule has 3 aromatic rings. The minimum absolute atomic E-state index is 0.220. The average Bonchev–Trinajstić information content (AvgIpc) is 3.30. The van der Waals surface area contributed by atoms with Crippen LogP contribution in [0.1, 0.15) is 52.6 Å². The van der Waals surface area contributed by atoms with Crippen LogP contribution in [0.15, 0.2) is 41.2 Å². The largest absolute Gasteiger partial charge is 0.494 e. The molecule has 0 spiro atoms. The number of methoxy groups -OCH3 is 2. The highest BCUT2D eigenvalue weighted by Gasteiger charge is 2.32. The van der Waals surface area contributed by atoms with E-state index in [1.54, 1.807) is 36.4 Å². The summed E-state index contributed by atoms with van der Waals surface area (Å²) in [5, 5.41) is 19.9. The summed E-state index contributed by atoms with van der Waals surface area (Å²) < 4.78 is 12.3. The van der Waals surface area contributed by atoms with E-state index in [0.717, 1.165) is 24.0 Å². The second-order valence-corrected chi connectivity index (χ2v) is 8.24. The maximum absolute atomic E-state index is 13.8. The monoisotopic (exact) mass is 474 g/mol. The van der Waals surface area contributed by atoms with Crippen LogP contribution in [0.3, 0.4) is 0 Å². The molecule has 0 unspecified atom stereocenters. The minimum atomic E-state index is -0.704. The molecule has 1 aromatic heterocycles. The summed E-state index contributed by atoms with van der Waals surface area (Å²) in [7, 11) is 2.96. The van der Waals surface area contributed by atoms with E-state index in [4.69, 9.17) is 9.47 Å². The second kappa shape index (κ2) is 9.89. The third-order valence-corrected chi connectivity index (χ3v) is 6.07. The molecule has 0 bridgehead atoms. The number of amides is 1. The van der Waals surface area contributed by atoms with Crippen LogP contribution in [0.25, 0.3) is 5.69 Å². The summed E-state index contributed by atoms with van der Waals surface area (Å²) in [5.41, 5.74) is 1.40. The van der Waals surface area contributed by atoms with Crippen LogP contribution in [0.4, 0.5) is 0 Å². The number of unbranched alkanes of at least 4 members (excludes halogenated alkanes) is 1. The number of ether oxygens (including phenoxy) is 2. The number of fused-ring (bicyclic) bond motifs is 1. The zero-order chi connectivity index (χ0) is 25.1. The van der Waals surface area contributed by atoms with Crippen molar-refractivity contribution in [3.05, 3.63) is 74.8 Å². The molecule has 2 aromatic carbocycles. The van der Waals surface area contributed by atoms with Gasteiger partial charge in [0.1, 0.15) is 23.0 Å². The number of nitriles is 1. The van der Waals surface area contributed by atoms with Crippen molar-refractivity contribution in [1.29, 1.82) is 5.26 Å². The second-order valence-electron chi connectivity index (χ2n) is 8.24. The van der Waals surface area contributed by atoms with Gasteiger partial charge in [-0.1, -0.05) is 25.5 Å². The Bertz CT molecular complexity index is 1370. The number of benzene rings is 2. The molecule has 9 heteroatoms. The van der Waals surface area contributed by atoms with Crippen LogP contribution < -0.4 is 15.0 Å². The Morgan fingerprint density at radius 1 is 1.14 bits per heavy atom. The molecule has 1 aliphatic rings. The predicted octanol–water partition coefficient (Wildman–Crippen LogP) is 3.33. The Morgan fingerprint density at radius 3 is 2.46 bits per heavy atom. The van der Waals surface area contributed by atoms with E-state index in [1.807, 2.05) is 6.92 Å². The Kier molecular flexibility index (Phi) is 6.73. The quantitative estimate of drug-likeness (QED) is 0.558. The lowest BCUT2D eigenvalue weighted by molar-refractivity contribution is 0.0744. The first kappa shape index (κ1) is 23.8. The normalized spacial score (nSPS) is 12.2. The summed E-state index contributed by atoms with van der Waals surface area (Å²) in [6.07, 6.45) is 1.97. The predicted molar refractivity (Wildman–Crippen MR) is 128 cm³/mol. The van der Waals surface area contributed by atoms with Crippen LogP contribution in [0.2, 0.25) is 0 Å². The number of rotatable bonds is 7. The van der Waals surface area contributed by atoms with E-state index in [2.05, 4.69) is 11.1 Å². The van der Waals surface area contributed by atoms with Gasteiger partial charge in [-0.2, -0.15) is 10.2 Å². The molecule has 0 saturated carbocycles. The van der Waals surface area contributed by atoms with Gasteiger partial charge in [-0.05, 0) is 41.8 Å². The van der Waals surface area contributed by atoms with Crippen molar-refractivity contribution in [2.45, 2.75) is 39.3 Å². The van der Waals surface area contributed by atoms with Gasteiger partial charge in [0.15, 0.2) is 5.56 Å². The van der Waals surface area contributed by atoms with Crippen LogP contribution in [-0.4, -0.2) is 39.7 Å². The van der Waals surface area contributed by atoms with Crippen molar-refractivity contribution in [3.8, 4) is 29.1 Å². The number of aryl methyl sites for hydroxylation is 1. The van der Waals surface area contributed by atoms with E-state index in [9.17, 15) is 20.0 Å². The van der Waals surface area contributed by atoms with Crippen molar-refractivity contribution >= 4 is 5.91 Å². The average molecular weight is 475 g/mol. The van der Waals surface area contributed by atoms with Gasteiger partial charge in [-0.3, -0.25) is 14.2 Å². The Labute approximate surface area is 202 Å². The number of aromatic hydroxyl groups is 1. The van der Waals surface area contributed by atoms with Crippen LogP contribution in [0.5, 0.6) is 17.4 Å². The SMILES string of the molecule is CCCCc1nc(O)c(C(=O)N2Cc3ccc(C#N)cc3C2)c(=O)n1-c1c(OC)cccc1OC. The third kappa shape index (κ3) is 4.30. The molecule has 4 rings (SSSR count). The molecule has 35 heavy (non-hydrogen) atoms. The zero-order valence-corrected chi connectivity index (χ0v) is 19.9. The first-order valence-electron chi connectivity index (χ1n) is 11.3. The van der Waals surface area contributed by atoms with Crippen molar-refractivity contribution in [2.24, 2.45) is 0 Å². The lowest BCUT2D eigenvalue weighted by Crippen LogP contribution is -2.35. The molecule has 1 aliphatic heterocycles. The highest BCUT2D eigenvalue weighted by molar-refractivity contribution is 5.96. The lowest BCUT2D eigenvalue weighted by atomic mass is 10.1. The molecule has 2 heterocycles. The highest BCUT2D eigenvalue weighted by Crippen LogP contribution is 2.33. The molecular formula is C26H26N4O5. The fraction of sp³-hybridized carbons (Fsp3) is 0.308. The molecule has 9 nitrogen and oxygen atoms in total. The maximum Gasteiger partial charge on any atom is 0.275 e. The molecule has 1 N–H and O–H groups in total. The summed E-state index contributed by atoms with van der Waals surface area (Å²) in [6.45, 7) is 2.49. The topological polar surface area (TPSA) is 118 Å². The zero-order valence-electron chi connectivity index (χ0n) is 19.9. The maximum atomic E-state index is 13.8. The molecule has 0 aliphatic carbocycles. The molecule has 0 saturated heterocycles. The third-order valence-electron chi connectivity index (χ3n) is 6.07. The van der Waals surface area contributed by atoms with E-state index in [0.29, 0.717) is 35.0 Å². The van der Waals surface area contributed by atoms with E-state index in [-0.39, 0.29) is 13.1 Å². The van der Waals surface area contributed by atoms with E-state index < -0.39 is 22.9 Å². The van der Waals surface area contributed by atoms with Gasteiger partial charge in [-0.15, -0.1) is 0 Å². The summed E-state index contributed by atoms with van der Waals surface area (Å²) in [4.78, 5) is 33.1. The van der Waals surface area contributed by atoms with Crippen molar-refractivity contribution < 1.29 is 19.4 Å². The smallest absolute Gasteiger partial charge is 0.275 e. The fourth-order valence-electron chi connectivity index (χ4n) is 4.29. The molecule has 0 fully saturated rings. The van der Waals surface area contributed by atoms with Crippen LogP contribution >= 0.6 is 0 Å². The fourth-order valence-corrected chi connectivity index (χ4v) is 4.29. The molecule has 0 radical (unpaired) electrons. The van der Waals surface area contributed by atoms with Gasteiger partial charge in [-0.25, -0.2) is 0 Å². The number of hydrogen-bond donors (Lipinski definition) is 1. The molecule has 180 valence electrons. The number of carbonyl (C=O) groups is 1. The summed E-state index contributed by atoms with van der Waals surface area (Å²) in [6, 6.07) is 12.4. The lowest BCUT2D eigenvalue weighted by Gasteiger charge is -2.21. The Balaban J connectivity index is 1.86. The van der Waals surface area contributed by atoms with Gasteiger partial charge in [0, 0.05) is 19.5 Å². The van der Waals surface area contributed by atoms with Crippen LogP contribution in [-0.2, 0) is 19.5 Å².